The minimum atomic E-state index is -0.830. The molecule has 10 heteroatoms. The molecule has 1 aliphatic heterocycles. The molecule has 0 bridgehead atoms. The Bertz CT molecular complexity index is 1610. The summed E-state index contributed by atoms with van der Waals surface area (Å²) < 4.78 is 6.32. The van der Waals surface area contributed by atoms with Crippen molar-refractivity contribution in [2.75, 3.05) is 7.05 Å². The largest absolute Gasteiger partial charge is 0.444 e. The zero-order valence-corrected chi connectivity index (χ0v) is 25.1. The minimum Gasteiger partial charge on any atom is -0.444 e. The summed E-state index contributed by atoms with van der Waals surface area (Å²) in [6, 6.07) is 17.9. The summed E-state index contributed by atoms with van der Waals surface area (Å²) in [4.78, 5) is 49.2. The molecule has 0 spiro atoms. The van der Waals surface area contributed by atoms with E-state index in [1.807, 2.05) is 68.6 Å². The molecular formula is C32H36N4O5S. The molecule has 2 N–H and O–H groups in total. The molecule has 1 aliphatic rings. The smallest absolute Gasteiger partial charge is 0.410 e. The maximum atomic E-state index is 13.4. The third-order valence-electron chi connectivity index (χ3n) is 7.43. The topological polar surface area (TPSA) is 116 Å². The van der Waals surface area contributed by atoms with Gasteiger partial charge in [-0.1, -0.05) is 42.5 Å². The lowest BCUT2D eigenvalue weighted by atomic mass is 10.0. The van der Waals surface area contributed by atoms with Gasteiger partial charge in [0.25, 0.3) is 11.5 Å². The van der Waals surface area contributed by atoms with Gasteiger partial charge in [0.1, 0.15) is 16.1 Å². The predicted molar refractivity (Wildman–Crippen MR) is 162 cm³/mol. The zero-order chi connectivity index (χ0) is 30.0. The van der Waals surface area contributed by atoms with Gasteiger partial charge in [-0.25, -0.2) is 9.78 Å². The number of ether oxygens (including phenoxy) is 1. The first-order chi connectivity index (χ1) is 20.0. The summed E-state index contributed by atoms with van der Waals surface area (Å²) in [6.45, 7) is 5.66. The van der Waals surface area contributed by atoms with Crippen LogP contribution in [0.2, 0.25) is 0 Å². The van der Waals surface area contributed by atoms with E-state index in [4.69, 9.17) is 4.74 Å². The molecule has 2 amide bonds. The van der Waals surface area contributed by atoms with Crippen molar-refractivity contribution in [1.82, 2.24) is 19.8 Å². The fraction of sp³-hybridized carbons (Fsp3) is 0.375. The van der Waals surface area contributed by atoms with Crippen LogP contribution < -0.4 is 5.56 Å². The first-order valence-corrected chi connectivity index (χ1v) is 14.9. The lowest BCUT2D eigenvalue weighted by molar-refractivity contribution is -0.00453. The number of hydrogen-bond acceptors (Lipinski definition) is 7. The third kappa shape index (κ3) is 6.55. The van der Waals surface area contributed by atoms with Crippen molar-refractivity contribution in [2.45, 2.75) is 70.4 Å². The van der Waals surface area contributed by atoms with Crippen LogP contribution in [0.25, 0.3) is 10.2 Å². The van der Waals surface area contributed by atoms with E-state index in [9.17, 15) is 19.5 Å². The molecular weight excluding hydrogens is 552 g/mol. The van der Waals surface area contributed by atoms with Crippen LogP contribution in [0, 0.1) is 0 Å². The van der Waals surface area contributed by atoms with Crippen molar-refractivity contribution < 1.29 is 19.4 Å². The van der Waals surface area contributed by atoms with Crippen LogP contribution >= 0.6 is 11.3 Å². The number of hydrogen-bond donors (Lipinski definition) is 2. The Hall–Kier alpha value is -4.02. The number of carbonyl (C=O) groups excluding carboxylic acids is 2. The summed E-state index contributed by atoms with van der Waals surface area (Å²) >= 11 is 1.33. The van der Waals surface area contributed by atoms with E-state index in [1.54, 1.807) is 30.1 Å². The highest BCUT2D eigenvalue weighted by Gasteiger charge is 2.42. The second-order valence-electron chi connectivity index (χ2n) is 11.8. The first kappa shape index (κ1) is 29.5. The van der Waals surface area contributed by atoms with E-state index < -0.39 is 23.8 Å². The number of aromatic amines is 1. The van der Waals surface area contributed by atoms with Crippen LogP contribution in [0.4, 0.5) is 4.79 Å². The summed E-state index contributed by atoms with van der Waals surface area (Å²) in [5.74, 6) is 0.228. The van der Waals surface area contributed by atoms with Crippen molar-refractivity contribution in [3.63, 3.8) is 0 Å². The Morgan fingerprint density at radius 2 is 1.83 bits per heavy atom. The number of benzene rings is 2. The van der Waals surface area contributed by atoms with E-state index in [0.717, 1.165) is 17.5 Å². The van der Waals surface area contributed by atoms with Crippen LogP contribution in [-0.2, 0) is 17.7 Å². The number of fused-ring (bicyclic) bond motifs is 1. The van der Waals surface area contributed by atoms with E-state index in [-0.39, 0.29) is 24.1 Å². The number of thiophene rings is 1. The molecule has 3 heterocycles. The number of aliphatic hydroxyl groups excluding tert-OH is 1. The average Bonchev–Trinajstić information content (AvgIpc) is 3.60. The van der Waals surface area contributed by atoms with Gasteiger partial charge < -0.3 is 19.7 Å². The van der Waals surface area contributed by atoms with Crippen molar-refractivity contribution in [3.8, 4) is 0 Å². The van der Waals surface area contributed by atoms with E-state index in [1.165, 1.54) is 16.2 Å². The highest BCUT2D eigenvalue weighted by molar-refractivity contribution is 7.17. The molecule has 0 aliphatic carbocycles. The van der Waals surface area contributed by atoms with Crippen molar-refractivity contribution in [1.29, 1.82) is 0 Å². The van der Waals surface area contributed by atoms with Crippen LogP contribution in [0.5, 0.6) is 0 Å². The Labute approximate surface area is 248 Å². The SMILES string of the molecule is CN(Cc1nc2ccsc2c(=O)[nH]1)C(=O)c1ccc(C[C@@H]2CC[C@H]([C@H](O)c3ccccc3)N2C(=O)OC(C)(C)C)cc1. The molecule has 220 valence electrons. The Morgan fingerprint density at radius 3 is 2.52 bits per heavy atom. The number of aromatic nitrogens is 2. The van der Waals surface area contributed by atoms with E-state index in [2.05, 4.69) is 9.97 Å². The van der Waals surface area contributed by atoms with Gasteiger partial charge >= 0.3 is 6.09 Å². The lowest BCUT2D eigenvalue weighted by Gasteiger charge is -2.35. The highest BCUT2D eigenvalue weighted by Crippen LogP contribution is 2.36. The summed E-state index contributed by atoms with van der Waals surface area (Å²) in [5, 5.41) is 13.0. The predicted octanol–water partition coefficient (Wildman–Crippen LogP) is 5.30. The average molecular weight is 589 g/mol. The van der Waals surface area contributed by atoms with Crippen LogP contribution in [0.15, 0.2) is 70.8 Å². The molecule has 0 unspecified atom stereocenters. The number of H-pyrrole nitrogens is 1. The van der Waals surface area contributed by atoms with Gasteiger partial charge in [0, 0.05) is 18.7 Å². The molecule has 2 aromatic heterocycles. The van der Waals surface area contributed by atoms with Gasteiger partial charge in [0.15, 0.2) is 0 Å². The molecule has 0 radical (unpaired) electrons. The molecule has 1 fully saturated rings. The molecule has 2 aromatic carbocycles. The van der Waals surface area contributed by atoms with Gasteiger partial charge in [0.05, 0.1) is 24.2 Å². The van der Waals surface area contributed by atoms with E-state index >= 15 is 0 Å². The summed E-state index contributed by atoms with van der Waals surface area (Å²) in [5.41, 5.74) is 1.98. The number of nitrogens with one attached hydrogen (secondary N) is 1. The maximum Gasteiger partial charge on any atom is 0.410 e. The second-order valence-corrected chi connectivity index (χ2v) is 12.7. The van der Waals surface area contributed by atoms with E-state index in [0.29, 0.717) is 34.4 Å². The molecule has 4 aromatic rings. The Balaban J connectivity index is 1.28. The highest BCUT2D eigenvalue weighted by atomic mass is 32.1. The Kier molecular flexibility index (Phi) is 8.47. The Morgan fingerprint density at radius 1 is 1.12 bits per heavy atom. The molecule has 9 nitrogen and oxygen atoms in total. The molecule has 5 rings (SSSR count). The summed E-state index contributed by atoms with van der Waals surface area (Å²) in [6.07, 6.45) is 0.661. The van der Waals surface area contributed by atoms with Crippen molar-refractivity contribution >= 4 is 33.6 Å². The van der Waals surface area contributed by atoms with Gasteiger partial charge in [-0.05, 0) is 74.7 Å². The van der Waals surface area contributed by atoms with Crippen LogP contribution in [0.3, 0.4) is 0 Å². The van der Waals surface area contributed by atoms with Gasteiger partial charge in [-0.2, -0.15) is 0 Å². The molecule has 3 atom stereocenters. The normalized spacial score (nSPS) is 17.8. The monoisotopic (exact) mass is 588 g/mol. The number of nitrogens with zero attached hydrogens (tertiary/aromatic N) is 3. The number of likely N-dealkylation sites (tertiary alicyclic amines) is 1. The van der Waals surface area contributed by atoms with Crippen molar-refractivity contribution in [3.05, 3.63) is 98.9 Å². The molecule has 0 saturated carbocycles. The number of carbonyl (C=O) groups is 2. The van der Waals surface area contributed by atoms with Gasteiger partial charge in [0.2, 0.25) is 0 Å². The second kappa shape index (κ2) is 12.1. The van der Waals surface area contributed by atoms with Gasteiger partial charge in [-0.15, -0.1) is 11.3 Å². The zero-order valence-electron chi connectivity index (χ0n) is 24.2. The fourth-order valence-electron chi connectivity index (χ4n) is 5.46. The standard InChI is InChI=1S/C32H36N4O5S/c1-32(2,3)41-31(40)36-23(14-15-25(36)27(37)21-8-6-5-7-9-21)18-20-10-12-22(13-11-20)30(39)35(4)19-26-33-24-16-17-42-28(24)29(38)34-26/h5-13,16-17,23,25,27,37H,14-15,18-19H2,1-4H3,(H,33,34,38)/t23-,25+,27+/m0/s1. The van der Waals surface area contributed by atoms with Crippen molar-refractivity contribution in [2.24, 2.45) is 0 Å². The van der Waals surface area contributed by atoms with Gasteiger partial charge in [-0.3, -0.25) is 14.5 Å². The first-order valence-electron chi connectivity index (χ1n) is 14.1. The fourth-order valence-corrected chi connectivity index (χ4v) is 6.19. The van der Waals surface area contributed by atoms with Crippen LogP contribution in [-0.4, -0.2) is 61.6 Å². The molecule has 1 saturated heterocycles. The number of aliphatic hydroxyl groups is 1. The third-order valence-corrected chi connectivity index (χ3v) is 8.33. The molecule has 42 heavy (non-hydrogen) atoms. The minimum absolute atomic E-state index is 0.164. The maximum absolute atomic E-state index is 13.4. The summed E-state index contributed by atoms with van der Waals surface area (Å²) in [7, 11) is 1.67. The quantitative estimate of drug-likeness (QED) is 0.303. The number of rotatable bonds is 7. The lowest BCUT2D eigenvalue weighted by Crippen LogP contribution is -2.47. The van der Waals surface area contributed by atoms with Crippen LogP contribution in [0.1, 0.15) is 67.0 Å². The number of amides is 2.